The van der Waals surface area contributed by atoms with Crippen molar-refractivity contribution < 1.29 is 19.4 Å². The summed E-state index contributed by atoms with van der Waals surface area (Å²) in [5.74, 6) is -0.818. The number of anilines is 1. The number of pyridine rings is 1. The molecule has 1 atom stereocenters. The lowest BCUT2D eigenvalue weighted by atomic mass is 9.87. The highest BCUT2D eigenvalue weighted by molar-refractivity contribution is 6.51. The highest BCUT2D eigenvalue weighted by atomic mass is 16.5. The van der Waals surface area contributed by atoms with Gasteiger partial charge in [0.05, 0.1) is 18.2 Å². The average Bonchev–Trinajstić information content (AvgIpc) is 3.41. The van der Waals surface area contributed by atoms with Gasteiger partial charge in [0.1, 0.15) is 11.5 Å². The standard InChI is InChI=1S/C28H26N2O4/c1-28(2,3)20-7-9-21(10-8-20)30-24(19-5-4-13-29-16-19)23(26(32)27(30)33)25(31)18-6-11-22-17(15-18)12-14-34-22/h4-11,13,15-16,24,31H,12,14H2,1-3H3/b25-23-. The maximum atomic E-state index is 13.3. The van der Waals surface area contributed by atoms with Crippen molar-refractivity contribution in [3.8, 4) is 5.75 Å². The van der Waals surface area contributed by atoms with Crippen LogP contribution >= 0.6 is 0 Å². The summed E-state index contributed by atoms with van der Waals surface area (Å²) in [5, 5.41) is 11.3. The molecule has 6 heteroatoms. The fourth-order valence-corrected chi connectivity index (χ4v) is 4.56. The summed E-state index contributed by atoms with van der Waals surface area (Å²) >= 11 is 0. The number of ketones is 1. The van der Waals surface area contributed by atoms with E-state index in [1.807, 2.05) is 36.4 Å². The van der Waals surface area contributed by atoms with Crippen LogP contribution in [0.2, 0.25) is 0 Å². The van der Waals surface area contributed by atoms with Crippen LogP contribution in [0.3, 0.4) is 0 Å². The number of nitrogens with zero attached hydrogens (tertiary/aromatic N) is 2. The molecule has 2 aliphatic heterocycles. The van der Waals surface area contributed by atoms with Gasteiger partial charge in [-0.05, 0) is 58.5 Å². The summed E-state index contributed by atoms with van der Waals surface area (Å²) in [6.45, 7) is 6.94. The number of carbonyl (C=O) groups is 2. The van der Waals surface area contributed by atoms with E-state index in [2.05, 4.69) is 25.8 Å². The quantitative estimate of drug-likeness (QED) is 0.344. The van der Waals surface area contributed by atoms with Crippen LogP contribution in [0.4, 0.5) is 5.69 Å². The number of ether oxygens (including phenoxy) is 1. The summed E-state index contributed by atoms with van der Waals surface area (Å²) in [6, 6.07) is 15.7. The van der Waals surface area contributed by atoms with Crippen LogP contribution < -0.4 is 9.64 Å². The molecule has 34 heavy (non-hydrogen) atoms. The molecule has 0 radical (unpaired) electrons. The van der Waals surface area contributed by atoms with Crippen LogP contribution in [-0.2, 0) is 21.4 Å². The Labute approximate surface area is 198 Å². The number of benzene rings is 2. The first-order valence-corrected chi connectivity index (χ1v) is 11.3. The fraction of sp³-hybridized carbons (Fsp3) is 0.250. The van der Waals surface area contributed by atoms with Crippen LogP contribution in [0, 0.1) is 0 Å². The summed E-state index contributed by atoms with van der Waals surface area (Å²) in [4.78, 5) is 32.2. The molecule has 2 aliphatic rings. The Morgan fingerprint density at radius 2 is 1.85 bits per heavy atom. The monoisotopic (exact) mass is 454 g/mol. The molecule has 0 aliphatic carbocycles. The first-order chi connectivity index (χ1) is 16.3. The largest absolute Gasteiger partial charge is 0.507 e. The van der Waals surface area contributed by atoms with Crippen LogP contribution in [0.1, 0.15) is 49.1 Å². The zero-order valence-electron chi connectivity index (χ0n) is 19.4. The number of hydrogen-bond acceptors (Lipinski definition) is 5. The molecule has 0 spiro atoms. The predicted octanol–water partition coefficient (Wildman–Crippen LogP) is 4.94. The van der Waals surface area contributed by atoms with Crippen molar-refractivity contribution in [2.24, 2.45) is 0 Å². The molecule has 3 heterocycles. The van der Waals surface area contributed by atoms with E-state index >= 15 is 0 Å². The summed E-state index contributed by atoms with van der Waals surface area (Å²) in [7, 11) is 0. The van der Waals surface area contributed by atoms with E-state index < -0.39 is 17.7 Å². The lowest BCUT2D eigenvalue weighted by Crippen LogP contribution is -2.29. The highest BCUT2D eigenvalue weighted by Crippen LogP contribution is 2.42. The lowest BCUT2D eigenvalue weighted by Gasteiger charge is -2.26. The van der Waals surface area contributed by atoms with Gasteiger partial charge in [0.15, 0.2) is 0 Å². The third-order valence-electron chi connectivity index (χ3n) is 6.42. The highest BCUT2D eigenvalue weighted by Gasteiger charge is 2.47. The molecule has 3 aromatic rings. The van der Waals surface area contributed by atoms with Gasteiger partial charge in [-0.2, -0.15) is 0 Å². The molecule has 1 N–H and O–H groups in total. The number of rotatable bonds is 3. The second-order valence-electron chi connectivity index (χ2n) is 9.67. The second kappa shape index (κ2) is 8.13. The third-order valence-corrected chi connectivity index (χ3v) is 6.42. The molecule has 5 rings (SSSR count). The van der Waals surface area contributed by atoms with E-state index in [0.29, 0.717) is 23.4 Å². The number of amides is 1. The van der Waals surface area contributed by atoms with Gasteiger partial charge >= 0.3 is 0 Å². The van der Waals surface area contributed by atoms with Gasteiger partial charge in [-0.3, -0.25) is 19.5 Å². The molecule has 1 unspecified atom stereocenters. The molecule has 1 amide bonds. The van der Waals surface area contributed by atoms with Gasteiger partial charge in [0.2, 0.25) is 0 Å². The number of aromatic nitrogens is 1. The molecule has 2 aromatic carbocycles. The van der Waals surface area contributed by atoms with Crippen LogP contribution in [0.5, 0.6) is 5.75 Å². The van der Waals surface area contributed by atoms with E-state index in [1.165, 1.54) is 4.90 Å². The van der Waals surface area contributed by atoms with E-state index in [-0.39, 0.29) is 16.7 Å². The van der Waals surface area contributed by atoms with Crippen molar-refractivity contribution in [2.75, 3.05) is 11.5 Å². The number of aliphatic hydroxyl groups is 1. The van der Waals surface area contributed by atoms with Gasteiger partial charge in [-0.15, -0.1) is 0 Å². The van der Waals surface area contributed by atoms with Crippen molar-refractivity contribution in [1.29, 1.82) is 0 Å². The molecule has 0 bridgehead atoms. The van der Waals surface area contributed by atoms with E-state index in [4.69, 9.17) is 4.74 Å². The van der Waals surface area contributed by atoms with Gasteiger partial charge in [0, 0.05) is 30.1 Å². The topological polar surface area (TPSA) is 79.7 Å². The normalized spacial score (nSPS) is 19.3. The van der Waals surface area contributed by atoms with E-state index in [0.717, 1.165) is 23.3 Å². The molecular formula is C28H26N2O4. The summed E-state index contributed by atoms with van der Waals surface area (Å²) < 4.78 is 5.56. The van der Waals surface area contributed by atoms with Gasteiger partial charge < -0.3 is 9.84 Å². The molecule has 1 saturated heterocycles. The number of hydrogen-bond donors (Lipinski definition) is 1. The minimum atomic E-state index is -0.793. The van der Waals surface area contributed by atoms with Crippen molar-refractivity contribution in [2.45, 2.75) is 38.6 Å². The molecule has 1 aromatic heterocycles. The molecule has 1 fully saturated rings. The summed E-state index contributed by atoms with van der Waals surface area (Å²) in [6.07, 6.45) is 3.99. The predicted molar refractivity (Wildman–Crippen MR) is 130 cm³/mol. The zero-order valence-corrected chi connectivity index (χ0v) is 19.4. The fourth-order valence-electron chi connectivity index (χ4n) is 4.56. The third kappa shape index (κ3) is 3.65. The minimum Gasteiger partial charge on any atom is -0.507 e. The Morgan fingerprint density at radius 1 is 1.09 bits per heavy atom. The van der Waals surface area contributed by atoms with Crippen molar-refractivity contribution in [1.82, 2.24) is 4.98 Å². The molecule has 172 valence electrons. The van der Waals surface area contributed by atoms with Gasteiger partial charge in [0.25, 0.3) is 11.7 Å². The number of Topliss-reactive ketones (excluding diaryl/α,β-unsaturated/α-hetero) is 1. The zero-order chi connectivity index (χ0) is 24.0. The number of fused-ring (bicyclic) bond motifs is 1. The number of carbonyl (C=O) groups excluding carboxylic acids is 2. The van der Waals surface area contributed by atoms with Crippen LogP contribution in [-0.4, -0.2) is 28.4 Å². The van der Waals surface area contributed by atoms with Gasteiger partial charge in [-0.25, -0.2) is 0 Å². The van der Waals surface area contributed by atoms with Crippen molar-refractivity contribution in [3.63, 3.8) is 0 Å². The van der Waals surface area contributed by atoms with E-state index in [1.54, 1.807) is 30.6 Å². The Bertz CT molecular complexity index is 1300. The molecule has 0 saturated carbocycles. The molecule has 6 nitrogen and oxygen atoms in total. The smallest absolute Gasteiger partial charge is 0.300 e. The van der Waals surface area contributed by atoms with Crippen LogP contribution in [0.15, 0.2) is 72.6 Å². The first-order valence-electron chi connectivity index (χ1n) is 11.3. The van der Waals surface area contributed by atoms with Gasteiger partial charge in [-0.1, -0.05) is 39.0 Å². The summed E-state index contributed by atoms with van der Waals surface area (Å²) in [5.41, 5.74) is 3.81. The first kappa shape index (κ1) is 21.9. The van der Waals surface area contributed by atoms with Crippen molar-refractivity contribution in [3.05, 3.63) is 94.8 Å². The van der Waals surface area contributed by atoms with E-state index in [9.17, 15) is 14.7 Å². The van der Waals surface area contributed by atoms with Crippen molar-refractivity contribution >= 4 is 23.1 Å². The molecular weight excluding hydrogens is 428 g/mol. The number of aliphatic hydroxyl groups excluding tert-OH is 1. The Kier molecular flexibility index (Phi) is 5.24. The SMILES string of the molecule is CC(C)(C)c1ccc(N2C(=O)C(=O)/C(=C(\O)c3ccc4c(c3)CCO4)C2c2cccnc2)cc1. The second-order valence-corrected chi connectivity index (χ2v) is 9.67. The Morgan fingerprint density at radius 3 is 2.53 bits per heavy atom. The Balaban J connectivity index is 1.66. The maximum absolute atomic E-state index is 13.3. The van der Waals surface area contributed by atoms with Crippen LogP contribution in [0.25, 0.3) is 5.76 Å². The average molecular weight is 455 g/mol. The maximum Gasteiger partial charge on any atom is 0.300 e. The lowest BCUT2D eigenvalue weighted by molar-refractivity contribution is -0.132. The Hall–Kier alpha value is -3.93. The minimum absolute atomic E-state index is 0.0489.